The third-order valence-electron chi connectivity index (χ3n) is 4.02. The number of nitrogens with zero attached hydrogens (tertiary/aromatic N) is 4. The van der Waals surface area contributed by atoms with Crippen molar-refractivity contribution in [2.75, 3.05) is 0 Å². The quantitative estimate of drug-likeness (QED) is 0.776. The van der Waals surface area contributed by atoms with Crippen LogP contribution in [-0.4, -0.2) is 14.8 Å². The van der Waals surface area contributed by atoms with Crippen molar-refractivity contribution >= 4 is 0 Å². The number of benzene rings is 1. The van der Waals surface area contributed by atoms with Gasteiger partial charge in [-0.05, 0) is 30.7 Å². The average molecular weight is 335 g/mol. The zero-order valence-electron chi connectivity index (χ0n) is 14.1. The molecule has 0 aliphatic heterocycles. The minimum Gasteiger partial charge on any atom is -0.306 e. The largest absolute Gasteiger partial charge is 0.306 e. The number of rotatable bonds is 5. The Hall–Kier alpha value is -3.04. The Labute approximate surface area is 145 Å². The number of nitriles is 1. The molecule has 0 aliphatic rings. The van der Waals surface area contributed by atoms with Gasteiger partial charge in [-0.2, -0.15) is 10.4 Å². The number of aryl methyl sites for hydroxylation is 1. The molecule has 1 atom stereocenters. The van der Waals surface area contributed by atoms with Gasteiger partial charge in [0.05, 0.1) is 23.5 Å². The summed E-state index contributed by atoms with van der Waals surface area (Å²) in [5.41, 5.74) is 4.26. The molecular weight excluding hydrogens is 317 g/mol. The van der Waals surface area contributed by atoms with Crippen molar-refractivity contribution in [3.8, 4) is 17.3 Å². The van der Waals surface area contributed by atoms with Gasteiger partial charge >= 0.3 is 0 Å². The highest BCUT2D eigenvalue weighted by Gasteiger charge is 2.12. The van der Waals surface area contributed by atoms with Crippen molar-refractivity contribution in [1.82, 2.24) is 20.1 Å². The number of halogens is 1. The first kappa shape index (κ1) is 16.8. The second kappa shape index (κ2) is 7.24. The first-order chi connectivity index (χ1) is 12.1. The normalized spacial score (nSPS) is 11.9. The Morgan fingerprint density at radius 2 is 2.04 bits per heavy atom. The summed E-state index contributed by atoms with van der Waals surface area (Å²) in [6.45, 7) is 2.55. The van der Waals surface area contributed by atoms with E-state index >= 15 is 0 Å². The molecule has 25 heavy (non-hydrogen) atoms. The molecule has 126 valence electrons. The molecule has 0 saturated heterocycles. The Morgan fingerprint density at radius 1 is 1.28 bits per heavy atom. The summed E-state index contributed by atoms with van der Waals surface area (Å²) in [6.07, 6.45) is 4.81. The van der Waals surface area contributed by atoms with Crippen LogP contribution in [0.25, 0.3) is 11.3 Å². The van der Waals surface area contributed by atoms with E-state index in [9.17, 15) is 4.39 Å². The molecule has 0 amide bonds. The molecule has 0 bridgehead atoms. The molecule has 2 heterocycles. The Morgan fingerprint density at radius 3 is 2.72 bits per heavy atom. The summed E-state index contributed by atoms with van der Waals surface area (Å²) in [4.78, 5) is 3.89. The number of pyridine rings is 1. The van der Waals surface area contributed by atoms with Gasteiger partial charge in [0.1, 0.15) is 5.82 Å². The smallest absolute Gasteiger partial charge is 0.141 e. The standard InChI is InChI=1S/C19H18FN5/c1-13(16-7-18(20)11-22-9-16)23-10-17-12-25(2)24-19(17)15-5-3-14(8-21)4-6-15/h3-7,9,11-13,23H,10H2,1-2H3/t13-/m1/s1. The van der Waals surface area contributed by atoms with Crippen LogP contribution < -0.4 is 5.32 Å². The lowest BCUT2D eigenvalue weighted by Gasteiger charge is -2.14. The van der Waals surface area contributed by atoms with Crippen LogP contribution in [0.1, 0.15) is 29.7 Å². The van der Waals surface area contributed by atoms with Gasteiger partial charge in [0.25, 0.3) is 0 Å². The zero-order valence-corrected chi connectivity index (χ0v) is 14.1. The molecule has 0 aliphatic carbocycles. The second-order valence-corrected chi connectivity index (χ2v) is 5.90. The maximum atomic E-state index is 13.3. The predicted molar refractivity (Wildman–Crippen MR) is 92.8 cm³/mol. The lowest BCUT2D eigenvalue weighted by atomic mass is 10.1. The fourth-order valence-corrected chi connectivity index (χ4v) is 2.66. The lowest BCUT2D eigenvalue weighted by molar-refractivity contribution is 0.561. The number of nitrogens with one attached hydrogen (secondary N) is 1. The third kappa shape index (κ3) is 3.90. The van der Waals surface area contributed by atoms with E-state index in [-0.39, 0.29) is 11.9 Å². The van der Waals surface area contributed by atoms with Crippen molar-refractivity contribution in [3.05, 3.63) is 71.4 Å². The summed E-state index contributed by atoms with van der Waals surface area (Å²) in [5, 5.41) is 16.8. The van der Waals surface area contributed by atoms with Gasteiger partial charge in [0.2, 0.25) is 0 Å². The average Bonchev–Trinajstić information content (AvgIpc) is 3.00. The summed E-state index contributed by atoms with van der Waals surface area (Å²) in [7, 11) is 1.87. The first-order valence-electron chi connectivity index (χ1n) is 7.93. The van der Waals surface area contributed by atoms with Gasteiger partial charge < -0.3 is 5.32 Å². The van der Waals surface area contributed by atoms with Crippen LogP contribution in [0.2, 0.25) is 0 Å². The fraction of sp³-hybridized carbons (Fsp3) is 0.211. The molecular formula is C19H18FN5. The lowest BCUT2D eigenvalue weighted by Crippen LogP contribution is -2.18. The molecule has 0 fully saturated rings. The van der Waals surface area contributed by atoms with Crippen molar-refractivity contribution in [2.24, 2.45) is 7.05 Å². The monoisotopic (exact) mass is 335 g/mol. The fourth-order valence-electron chi connectivity index (χ4n) is 2.66. The first-order valence-corrected chi connectivity index (χ1v) is 7.93. The summed E-state index contributed by atoms with van der Waals surface area (Å²) >= 11 is 0. The molecule has 1 aromatic carbocycles. The third-order valence-corrected chi connectivity index (χ3v) is 4.02. The zero-order chi connectivity index (χ0) is 17.8. The topological polar surface area (TPSA) is 66.5 Å². The SMILES string of the molecule is C[C@@H](NCc1cn(C)nc1-c1ccc(C#N)cc1)c1cncc(F)c1. The molecule has 0 radical (unpaired) electrons. The molecule has 5 nitrogen and oxygen atoms in total. The van der Waals surface area contributed by atoms with Crippen LogP contribution in [0.3, 0.4) is 0 Å². The predicted octanol–water partition coefficient (Wildman–Crippen LogP) is 3.34. The molecule has 1 N–H and O–H groups in total. The van der Waals surface area contributed by atoms with E-state index in [4.69, 9.17) is 5.26 Å². The van der Waals surface area contributed by atoms with Gasteiger partial charge in [-0.3, -0.25) is 9.67 Å². The minimum absolute atomic E-state index is 0.0442. The molecule has 6 heteroatoms. The van der Waals surface area contributed by atoms with Gasteiger partial charge in [0, 0.05) is 43.2 Å². The van der Waals surface area contributed by atoms with Crippen molar-refractivity contribution in [1.29, 1.82) is 5.26 Å². The van der Waals surface area contributed by atoms with Crippen LogP contribution in [0, 0.1) is 17.1 Å². The Balaban J connectivity index is 1.78. The Kier molecular flexibility index (Phi) is 4.87. The van der Waals surface area contributed by atoms with Crippen LogP contribution in [0.15, 0.2) is 48.9 Å². The van der Waals surface area contributed by atoms with Gasteiger partial charge in [-0.25, -0.2) is 4.39 Å². The molecule has 0 unspecified atom stereocenters. The van der Waals surface area contributed by atoms with Gasteiger partial charge in [-0.1, -0.05) is 12.1 Å². The molecule has 2 aromatic heterocycles. The second-order valence-electron chi connectivity index (χ2n) is 5.90. The maximum absolute atomic E-state index is 13.3. The van der Waals surface area contributed by atoms with Crippen LogP contribution in [-0.2, 0) is 13.6 Å². The van der Waals surface area contributed by atoms with Crippen LogP contribution in [0.4, 0.5) is 4.39 Å². The number of aromatic nitrogens is 3. The van der Waals surface area contributed by atoms with Crippen molar-refractivity contribution < 1.29 is 4.39 Å². The molecule has 0 spiro atoms. The number of hydrogen-bond donors (Lipinski definition) is 1. The highest BCUT2D eigenvalue weighted by Crippen LogP contribution is 2.23. The van der Waals surface area contributed by atoms with E-state index in [1.54, 1.807) is 23.0 Å². The highest BCUT2D eigenvalue weighted by molar-refractivity contribution is 5.63. The summed E-state index contributed by atoms with van der Waals surface area (Å²) in [6, 6.07) is 10.9. The highest BCUT2D eigenvalue weighted by atomic mass is 19.1. The van der Waals surface area contributed by atoms with E-state index in [0.29, 0.717) is 12.1 Å². The number of hydrogen-bond acceptors (Lipinski definition) is 4. The van der Waals surface area contributed by atoms with Crippen LogP contribution in [0.5, 0.6) is 0 Å². The summed E-state index contributed by atoms with van der Waals surface area (Å²) < 4.78 is 15.1. The van der Waals surface area contributed by atoms with E-state index in [2.05, 4.69) is 21.5 Å². The van der Waals surface area contributed by atoms with E-state index in [1.165, 1.54) is 12.3 Å². The maximum Gasteiger partial charge on any atom is 0.141 e. The molecule has 0 saturated carbocycles. The minimum atomic E-state index is -0.342. The Bertz CT molecular complexity index is 908. The van der Waals surface area contributed by atoms with Crippen molar-refractivity contribution in [2.45, 2.75) is 19.5 Å². The molecule has 3 aromatic rings. The van der Waals surface area contributed by atoms with Gasteiger partial charge in [-0.15, -0.1) is 0 Å². The van der Waals surface area contributed by atoms with E-state index < -0.39 is 0 Å². The van der Waals surface area contributed by atoms with E-state index in [1.807, 2.05) is 32.3 Å². The van der Waals surface area contributed by atoms with Crippen molar-refractivity contribution in [3.63, 3.8) is 0 Å². The summed E-state index contributed by atoms with van der Waals surface area (Å²) in [5.74, 6) is -0.342. The van der Waals surface area contributed by atoms with Crippen LogP contribution >= 0.6 is 0 Å². The molecule has 3 rings (SSSR count). The van der Waals surface area contributed by atoms with Gasteiger partial charge in [0.15, 0.2) is 0 Å². The van der Waals surface area contributed by atoms with E-state index in [0.717, 1.165) is 22.4 Å².